The largest absolute Gasteiger partial charge is 0.351 e. The van der Waals surface area contributed by atoms with E-state index in [4.69, 9.17) is 32.3 Å². The first-order valence-corrected chi connectivity index (χ1v) is 20.9. The Morgan fingerprint density at radius 1 is 1.00 bits per heavy atom. The average Bonchev–Trinajstić information content (AvgIpc) is 3.35. The van der Waals surface area contributed by atoms with Crippen LogP contribution in [0, 0.1) is 11.3 Å². The summed E-state index contributed by atoms with van der Waals surface area (Å²) in [4.78, 5) is 14.3. The monoisotopic (exact) mass is 777 g/mol. The quantitative estimate of drug-likeness (QED) is 0.0815. The minimum absolute atomic E-state index is 0.0482. The summed E-state index contributed by atoms with van der Waals surface area (Å²) in [6.45, 7) is 2.23. The van der Waals surface area contributed by atoms with Crippen molar-refractivity contribution >= 4 is 65.3 Å². The molecule has 0 saturated heterocycles. The topological polar surface area (TPSA) is 262 Å². The molecule has 0 radical (unpaired) electrons. The molecule has 2 aliphatic rings. The maximum atomic E-state index is 12.2. The molecule has 22 heteroatoms. The van der Waals surface area contributed by atoms with Crippen LogP contribution in [0.15, 0.2) is 16.4 Å². The van der Waals surface area contributed by atoms with Crippen LogP contribution < -0.4 is 5.32 Å². The van der Waals surface area contributed by atoms with Crippen molar-refractivity contribution in [1.82, 2.24) is 20.0 Å². The number of unbranched alkanes of at least 4 members (excludes halogenated alkanes) is 2. The summed E-state index contributed by atoms with van der Waals surface area (Å²) in [5.41, 5.74) is 0.0640. The molecule has 3 rings (SSSR count). The molecule has 5 unspecified atom stereocenters. The zero-order valence-corrected chi connectivity index (χ0v) is 30.1. The number of aromatic nitrogens is 2. The molecule has 1 aromatic rings. The molecule has 5 atom stereocenters. The summed E-state index contributed by atoms with van der Waals surface area (Å²) >= 11 is 13.1. The number of carbonyl (C=O) groups is 1. The van der Waals surface area contributed by atoms with Crippen LogP contribution in [0.4, 0.5) is 5.82 Å². The number of halogens is 2. The lowest BCUT2D eigenvalue weighted by molar-refractivity contribution is -0.120. The molecular weight excluding hydrogens is 737 g/mol. The van der Waals surface area contributed by atoms with Gasteiger partial charge in [0, 0.05) is 13.0 Å². The third kappa shape index (κ3) is 12.4. The number of hydrogen-bond acceptors (Lipinski definition) is 12. The average molecular weight is 779 g/mol. The van der Waals surface area contributed by atoms with Gasteiger partial charge < -0.3 is 10.2 Å². The van der Waals surface area contributed by atoms with Crippen molar-refractivity contribution in [1.29, 1.82) is 5.26 Å². The first-order valence-electron chi connectivity index (χ1n) is 15.3. The fourth-order valence-electron chi connectivity index (χ4n) is 6.23. The molecule has 2 saturated carbocycles. The zero-order chi connectivity index (χ0) is 35.9. The summed E-state index contributed by atoms with van der Waals surface area (Å²) in [5, 5.41) is 22.8. The van der Waals surface area contributed by atoms with E-state index in [1.54, 1.807) is 0 Å². The Morgan fingerprint density at radius 2 is 1.56 bits per heavy atom. The normalized spacial score (nSPS) is 27.2. The molecule has 1 heterocycles. The van der Waals surface area contributed by atoms with Gasteiger partial charge in [-0.05, 0) is 70.9 Å². The van der Waals surface area contributed by atoms with E-state index in [1.165, 1.54) is 17.8 Å². The van der Waals surface area contributed by atoms with Gasteiger partial charge in [-0.2, -0.15) is 40.7 Å². The van der Waals surface area contributed by atoms with Gasteiger partial charge in [0.05, 0.1) is 51.8 Å². The van der Waals surface area contributed by atoms with Gasteiger partial charge in [-0.15, -0.1) is 28.3 Å². The van der Waals surface area contributed by atoms with E-state index in [-0.39, 0.29) is 49.0 Å². The lowest BCUT2D eigenvalue weighted by atomic mass is 9.86. The second kappa shape index (κ2) is 17.3. The van der Waals surface area contributed by atoms with Crippen molar-refractivity contribution < 1.29 is 43.7 Å². The highest BCUT2D eigenvalue weighted by Gasteiger charge is 2.43. The SMILES string of the molecule is CC(=O)NC1CC(N(CCCCS(=O)(=O)O)CCCCS(=O)(=O)O)CCC1N=Nc1c(C#N)cnn1C1C(Cl)CC(S(=O)(=O)O)CC1Cl. The maximum absolute atomic E-state index is 12.2. The second-order valence-electron chi connectivity index (χ2n) is 12.1. The summed E-state index contributed by atoms with van der Waals surface area (Å²) in [6.07, 6.45) is 3.75. The first kappa shape index (κ1) is 40.5. The van der Waals surface area contributed by atoms with Gasteiger partial charge >= 0.3 is 0 Å². The maximum Gasteiger partial charge on any atom is 0.267 e. The van der Waals surface area contributed by atoms with Crippen molar-refractivity contribution in [3.05, 3.63) is 11.8 Å². The summed E-state index contributed by atoms with van der Waals surface area (Å²) in [7, 11) is -12.6. The smallest absolute Gasteiger partial charge is 0.267 e. The highest BCUT2D eigenvalue weighted by Crippen LogP contribution is 2.41. The van der Waals surface area contributed by atoms with Crippen molar-refractivity contribution in [3.8, 4) is 6.07 Å². The summed E-state index contributed by atoms with van der Waals surface area (Å²) in [6, 6.07) is 0.0683. The minimum atomic E-state index is -4.38. The van der Waals surface area contributed by atoms with Crippen LogP contribution in [0.2, 0.25) is 0 Å². The Kier molecular flexibility index (Phi) is 14.6. The van der Waals surface area contributed by atoms with Crippen molar-refractivity contribution in [2.24, 2.45) is 10.2 Å². The number of nitriles is 1. The Balaban J connectivity index is 1.80. The number of alkyl halides is 2. The highest BCUT2D eigenvalue weighted by molar-refractivity contribution is 7.86. The van der Waals surface area contributed by atoms with Crippen LogP contribution in [0.1, 0.15) is 76.3 Å². The van der Waals surface area contributed by atoms with Gasteiger partial charge in [-0.3, -0.25) is 18.5 Å². The molecule has 272 valence electrons. The molecule has 17 nitrogen and oxygen atoms in total. The van der Waals surface area contributed by atoms with E-state index < -0.39 is 76.0 Å². The molecule has 0 bridgehead atoms. The van der Waals surface area contributed by atoms with Gasteiger partial charge in [0.1, 0.15) is 11.6 Å². The highest BCUT2D eigenvalue weighted by atomic mass is 35.5. The molecule has 1 amide bonds. The number of rotatable bonds is 16. The molecule has 0 aliphatic heterocycles. The fraction of sp³-hybridized carbons (Fsp3) is 0.808. The summed E-state index contributed by atoms with van der Waals surface area (Å²) in [5.74, 6) is -1.07. The molecule has 1 aromatic heterocycles. The number of amides is 1. The second-order valence-corrected chi connectivity index (χ2v) is 18.1. The third-order valence-electron chi connectivity index (χ3n) is 8.50. The van der Waals surface area contributed by atoms with Gasteiger partial charge in [0.2, 0.25) is 5.91 Å². The van der Waals surface area contributed by atoms with Crippen LogP contribution in [-0.4, -0.2) is 118 Å². The molecule has 2 aliphatic carbocycles. The van der Waals surface area contributed by atoms with E-state index in [0.29, 0.717) is 45.2 Å². The van der Waals surface area contributed by atoms with E-state index in [9.17, 15) is 39.9 Å². The molecule has 4 N–H and O–H groups in total. The van der Waals surface area contributed by atoms with Gasteiger partial charge in [0.25, 0.3) is 30.4 Å². The van der Waals surface area contributed by atoms with E-state index in [2.05, 4.69) is 25.5 Å². The van der Waals surface area contributed by atoms with Crippen LogP contribution in [-0.2, 0) is 35.1 Å². The Morgan fingerprint density at radius 3 is 2.04 bits per heavy atom. The van der Waals surface area contributed by atoms with E-state index in [1.807, 2.05) is 6.07 Å². The lowest BCUT2D eigenvalue weighted by Gasteiger charge is -2.40. The molecule has 0 spiro atoms. The minimum Gasteiger partial charge on any atom is -0.351 e. The van der Waals surface area contributed by atoms with Gasteiger partial charge in [-0.1, -0.05) is 0 Å². The van der Waals surface area contributed by atoms with Crippen LogP contribution in [0.5, 0.6) is 0 Å². The van der Waals surface area contributed by atoms with E-state index >= 15 is 0 Å². The number of nitrogens with zero attached hydrogens (tertiary/aromatic N) is 6. The predicted molar refractivity (Wildman–Crippen MR) is 176 cm³/mol. The number of nitrogens with one attached hydrogen (secondary N) is 1. The first-order chi connectivity index (χ1) is 22.3. The van der Waals surface area contributed by atoms with Crippen molar-refractivity contribution in [3.63, 3.8) is 0 Å². The molecule has 0 aromatic carbocycles. The zero-order valence-electron chi connectivity index (χ0n) is 26.2. The Bertz CT molecular complexity index is 1620. The van der Waals surface area contributed by atoms with Crippen LogP contribution in [0.25, 0.3) is 0 Å². The van der Waals surface area contributed by atoms with Gasteiger partial charge in [0.15, 0.2) is 5.82 Å². The Labute approximate surface area is 290 Å². The number of carbonyl (C=O) groups excluding carboxylic acids is 1. The van der Waals surface area contributed by atoms with Crippen LogP contribution >= 0.6 is 23.2 Å². The summed E-state index contributed by atoms with van der Waals surface area (Å²) < 4.78 is 97.2. The molecular formula is C26H41Cl2N7O10S3. The number of hydrogen-bond donors (Lipinski definition) is 4. The lowest BCUT2D eigenvalue weighted by Crippen LogP contribution is -2.51. The molecule has 48 heavy (non-hydrogen) atoms. The number of azo groups is 1. The standard InChI is InChI=1S/C26H41Cl2N7O10S3/c1-17(36)31-24-12-19(34(8-2-4-10-46(37,38)39)9-3-5-11-47(40,41)42)6-7-23(24)32-33-26-18(15-29)16-30-35(26)25-21(27)13-20(14-22(25)28)48(43,44)45/h16,19-25H,2-14H2,1H3,(H,31,36)(H,37,38,39)(H,40,41,42)(H,43,44,45). The van der Waals surface area contributed by atoms with Crippen molar-refractivity contribution in [2.75, 3.05) is 24.6 Å². The predicted octanol–water partition coefficient (Wildman–Crippen LogP) is 2.71. The fourth-order valence-corrected chi connectivity index (χ4v) is 9.55. The molecule has 2 fully saturated rings. The van der Waals surface area contributed by atoms with Crippen molar-refractivity contribution in [2.45, 2.75) is 105 Å². The van der Waals surface area contributed by atoms with Crippen LogP contribution in [0.3, 0.4) is 0 Å². The van der Waals surface area contributed by atoms with E-state index in [0.717, 1.165) is 0 Å². The van der Waals surface area contributed by atoms with Gasteiger partial charge in [-0.25, -0.2) is 4.68 Å². The third-order valence-corrected chi connectivity index (χ3v) is 12.2. The Hall–Kier alpha value is -1.96.